The van der Waals surface area contributed by atoms with Crippen LogP contribution < -0.4 is 4.72 Å². The molecule has 0 spiro atoms. The van der Waals surface area contributed by atoms with Crippen LogP contribution in [-0.2, 0) is 19.6 Å². The van der Waals surface area contributed by atoms with E-state index in [2.05, 4.69) is 9.46 Å². The van der Waals surface area contributed by atoms with Crippen molar-refractivity contribution in [2.24, 2.45) is 0 Å². The van der Waals surface area contributed by atoms with Gasteiger partial charge in [0, 0.05) is 5.02 Å². The number of sulfonamides is 1. The molecule has 0 heterocycles. The van der Waals surface area contributed by atoms with Gasteiger partial charge in [0.2, 0.25) is 10.0 Å². The number of halogens is 1. The van der Waals surface area contributed by atoms with E-state index < -0.39 is 22.0 Å². The molecular formula is C12H16ClNO4S2. The zero-order valence-electron chi connectivity index (χ0n) is 11.1. The van der Waals surface area contributed by atoms with Crippen LogP contribution in [-0.4, -0.2) is 39.5 Å². The number of methoxy groups -OCH3 is 1. The number of carbonyl (C=O) groups excluding carboxylic acids is 1. The van der Waals surface area contributed by atoms with Gasteiger partial charge in [0.05, 0.1) is 12.0 Å². The molecular weight excluding hydrogens is 322 g/mol. The minimum atomic E-state index is -3.78. The largest absolute Gasteiger partial charge is 0.468 e. The molecule has 0 radical (unpaired) electrons. The Hall–Kier alpha value is -0.760. The van der Waals surface area contributed by atoms with E-state index in [1.54, 1.807) is 0 Å². The normalized spacial score (nSPS) is 12.9. The summed E-state index contributed by atoms with van der Waals surface area (Å²) >= 11 is 7.24. The van der Waals surface area contributed by atoms with E-state index in [1.807, 2.05) is 6.26 Å². The molecule has 1 atom stereocenters. The molecule has 5 nitrogen and oxygen atoms in total. The van der Waals surface area contributed by atoms with Gasteiger partial charge in [0.1, 0.15) is 6.04 Å². The number of carbonyl (C=O) groups is 1. The third-order valence-electron chi connectivity index (χ3n) is 2.52. The molecule has 1 aromatic carbocycles. The number of thioether (sulfide) groups is 1. The molecule has 0 aliphatic heterocycles. The minimum absolute atomic E-state index is 0.0555. The fourth-order valence-corrected chi connectivity index (χ4v) is 3.29. The van der Waals surface area contributed by atoms with Crippen LogP contribution in [0.3, 0.4) is 0 Å². The van der Waals surface area contributed by atoms with Gasteiger partial charge in [-0.15, -0.1) is 0 Å². The molecule has 1 N–H and O–H groups in total. The molecule has 0 aromatic heterocycles. The maximum absolute atomic E-state index is 12.2. The third kappa shape index (κ3) is 4.97. The van der Waals surface area contributed by atoms with Crippen molar-refractivity contribution >= 4 is 39.4 Å². The quantitative estimate of drug-likeness (QED) is 0.769. The van der Waals surface area contributed by atoms with Gasteiger partial charge in [0.25, 0.3) is 0 Å². The number of hydrogen-bond donors (Lipinski definition) is 1. The molecule has 0 fully saturated rings. The Bertz CT molecular complexity index is 545. The fourth-order valence-electron chi connectivity index (χ4n) is 1.47. The van der Waals surface area contributed by atoms with E-state index in [1.165, 1.54) is 43.1 Å². The maximum Gasteiger partial charge on any atom is 0.323 e. The van der Waals surface area contributed by atoms with E-state index in [4.69, 9.17) is 11.6 Å². The van der Waals surface area contributed by atoms with Gasteiger partial charge >= 0.3 is 5.97 Å². The number of ether oxygens (including phenoxy) is 1. The Morgan fingerprint density at radius 1 is 1.40 bits per heavy atom. The molecule has 112 valence electrons. The highest BCUT2D eigenvalue weighted by atomic mass is 35.5. The summed E-state index contributed by atoms with van der Waals surface area (Å²) in [5, 5.41) is 0.441. The second-order valence-electron chi connectivity index (χ2n) is 3.93. The lowest BCUT2D eigenvalue weighted by molar-refractivity contribution is -0.142. The highest BCUT2D eigenvalue weighted by Crippen LogP contribution is 2.15. The van der Waals surface area contributed by atoms with E-state index in [-0.39, 0.29) is 4.90 Å². The second kappa shape index (κ2) is 7.87. The Balaban J connectivity index is 2.90. The van der Waals surface area contributed by atoms with Crippen molar-refractivity contribution in [3.8, 4) is 0 Å². The second-order valence-corrected chi connectivity index (χ2v) is 7.07. The first-order valence-electron chi connectivity index (χ1n) is 5.75. The zero-order chi connectivity index (χ0) is 15.2. The first-order chi connectivity index (χ1) is 9.40. The molecule has 0 bridgehead atoms. The van der Waals surface area contributed by atoms with Gasteiger partial charge < -0.3 is 4.74 Å². The van der Waals surface area contributed by atoms with E-state index in [0.29, 0.717) is 17.2 Å². The molecule has 0 amide bonds. The van der Waals surface area contributed by atoms with Crippen LogP contribution >= 0.6 is 23.4 Å². The molecule has 0 saturated heterocycles. The summed E-state index contributed by atoms with van der Waals surface area (Å²) in [7, 11) is -2.55. The van der Waals surface area contributed by atoms with E-state index in [0.717, 1.165) is 0 Å². The number of nitrogens with one attached hydrogen (secondary N) is 1. The topological polar surface area (TPSA) is 72.5 Å². The smallest absolute Gasteiger partial charge is 0.323 e. The summed E-state index contributed by atoms with van der Waals surface area (Å²) in [5.74, 6) is 0.0414. The molecule has 0 aliphatic rings. The summed E-state index contributed by atoms with van der Waals surface area (Å²) in [6, 6.07) is 4.82. The van der Waals surface area contributed by atoms with Gasteiger partial charge in [0.15, 0.2) is 0 Å². The van der Waals surface area contributed by atoms with Crippen molar-refractivity contribution in [3.63, 3.8) is 0 Å². The van der Waals surface area contributed by atoms with Crippen LogP contribution in [0.1, 0.15) is 6.42 Å². The predicted molar refractivity (Wildman–Crippen MR) is 80.6 cm³/mol. The van der Waals surface area contributed by atoms with Gasteiger partial charge in [-0.25, -0.2) is 8.42 Å². The zero-order valence-corrected chi connectivity index (χ0v) is 13.5. The Morgan fingerprint density at radius 2 is 2.00 bits per heavy atom. The van der Waals surface area contributed by atoms with Crippen molar-refractivity contribution < 1.29 is 17.9 Å². The number of benzene rings is 1. The average Bonchev–Trinajstić information content (AvgIpc) is 2.43. The lowest BCUT2D eigenvalue weighted by Gasteiger charge is -2.16. The number of hydrogen-bond acceptors (Lipinski definition) is 5. The maximum atomic E-state index is 12.2. The minimum Gasteiger partial charge on any atom is -0.468 e. The Kier molecular flexibility index (Phi) is 6.81. The lowest BCUT2D eigenvalue weighted by atomic mass is 10.2. The highest BCUT2D eigenvalue weighted by molar-refractivity contribution is 7.98. The summed E-state index contributed by atoms with van der Waals surface area (Å²) in [5.41, 5.74) is 0. The van der Waals surface area contributed by atoms with Crippen LogP contribution in [0.4, 0.5) is 0 Å². The van der Waals surface area contributed by atoms with Crippen LogP contribution in [0.25, 0.3) is 0 Å². The summed E-state index contributed by atoms with van der Waals surface area (Å²) < 4.78 is 31.3. The van der Waals surface area contributed by atoms with Crippen LogP contribution in [0.5, 0.6) is 0 Å². The summed E-state index contributed by atoms with van der Waals surface area (Å²) in [6.45, 7) is 0. The third-order valence-corrected chi connectivity index (χ3v) is 4.90. The fraction of sp³-hybridized carbons (Fsp3) is 0.417. The molecule has 0 aliphatic carbocycles. The van der Waals surface area contributed by atoms with Crippen LogP contribution in [0, 0.1) is 0 Å². The molecule has 0 saturated carbocycles. The van der Waals surface area contributed by atoms with Gasteiger partial charge in [-0.1, -0.05) is 11.6 Å². The van der Waals surface area contributed by atoms with Crippen molar-refractivity contribution in [1.29, 1.82) is 0 Å². The Morgan fingerprint density at radius 3 is 2.50 bits per heavy atom. The van der Waals surface area contributed by atoms with E-state index >= 15 is 0 Å². The van der Waals surface area contributed by atoms with Crippen molar-refractivity contribution in [2.45, 2.75) is 17.4 Å². The molecule has 1 rings (SSSR count). The average molecular weight is 338 g/mol. The van der Waals surface area contributed by atoms with Gasteiger partial charge in [-0.3, -0.25) is 4.79 Å². The van der Waals surface area contributed by atoms with Crippen molar-refractivity contribution in [3.05, 3.63) is 29.3 Å². The summed E-state index contributed by atoms with van der Waals surface area (Å²) in [4.78, 5) is 11.7. The van der Waals surface area contributed by atoms with Gasteiger partial charge in [-0.2, -0.15) is 16.5 Å². The van der Waals surface area contributed by atoms with Crippen LogP contribution in [0.15, 0.2) is 29.2 Å². The van der Waals surface area contributed by atoms with Crippen LogP contribution in [0.2, 0.25) is 5.02 Å². The first-order valence-corrected chi connectivity index (χ1v) is 9.01. The summed E-state index contributed by atoms with van der Waals surface area (Å²) in [6.07, 6.45) is 2.24. The SMILES string of the molecule is COC(=O)[C@H](CCSC)NS(=O)(=O)c1ccc(Cl)cc1. The number of esters is 1. The first kappa shape index (κ1) is 17.3. The van der Waals surface area contributed by atoms with Gasteiger partial charge in [-0.05, 0) is 42.7 Å². The van der Waals surface area contributed by atoms with E-state index in [9.17, 15) is 13.2 Å². The highest BCUT2D eigenvalue weighted by Gasteiger charge is 2.25. The molecule has 8 heteroatoms. The van der Waals surface area contributed by atoms with Crippen molar-refractivity contribution in [1.82, 2.24) is 4.72 Å². The van der Waals surface area contributed by atoms with Crippen molar-refractivity contribution in [2.75, 3.05) is 19.1 Å². The predicted octanol–water partition coefficient (Wildman–Crippen LogP) is 1.91. The molecule has 0 unspecified atom stereocenters. The molecule has 1 aromatic rings. The standard InChI is InChI=1S/C12H16ClNO4S2/c1-18-12(15)11(7-8-19-2)14-20(16,17)10-5-3-9(13)4-6-10/h3-6,11,14H,7-8H2,1-2H3/t11-/m0/s1. The Labute approximate surface area is 128 Å². The number of rotatable bonds is 7. The molecule has 20 heavy (non-hydrogen) atoms. The lowest BCUT2D eigenvalue weighted by Crippen LogP contribution is -2.41. The monoisotopic (exact) mass is 337 g/mol.